The van der Waals surface area contributed by atoms with Crippen molar-refractivity contribution in [1.29, 1.82) is 0 Å². The van der Waals surface area contributed by atoms with Gasteiger partial charge in [-0.2, -0.15) is 0 Å². The van der Waals surface area contributed by atoms with Crippen molar-refractivity contribution >= 4 is 28.7 Å². The van der Waals surface area contributed by atoms with Crippen LogP contribution in [0, 0.1) is 6.92 Å². The molecule has 1 amide bonds. The molecule has 0 unspecified atom stereocenters. The van der Waals surface area contributed by atoms with Gasteiger partial charge in [-0.15, -0.1) is 0 Å². The summed E-state index contributed by atoms with van der Waals surface area (Å²) in [6, 6.07) is 4.99. The van der Waals surface area contributed by atoms with Gasteiger partial charge in [-0.25, -0.2) is 17.9 Å². The molecule has 168 valence electrons. The summed E-state index contributed by atoms with van der Waals surface area (Å²) in [6.45, 7) is 15.0. The van der Waals surface area contributed by atoms with E-state index >= 15 is 0 Å². The molecule has 1 heterocycles. The first-order valence-electron chi connectivity index (χ1n) is 9.96. The van der Waals surface area contributed by atoms with Crippen LogP contribution in [-0.2, 0) is 24.1 Å². The zero-order chi connectivity index (χ0) is 23.0. The lowest BCUT2D eigenvalue weighted by molar-refractivity contribution is 0.00578. The van der Waals surface area contributed by atoms with Crippen LogP contribution in [0.1, 0.15) is 54.0 Å². The average Bonchev–Trinajstić information content (AvgIpc) is 2.77. The van der Waals surface area contributed by atoms with Crippen LogP contribution in [0.5, 0.6) is 0 Å². The van der Waals surface area contributed by atoms with Gasteiger partial charge in [-0.05, 0) is 73.0 Å². The third-order valence-electron chi connectivity index (χ3n) is 4.99. The van der Waals surface area contributed by atoms with Crippen LogP contribution >= 0.6 is 0 Å². The number of hydrogen-bond donors (Lipinski definition) is 2. The van der Waals surface area contributed by atoms with E-state index in [4.69, 9.17) is 14.0 Å². The Hall–Kier alpha value is -1.62. The number of nitrogens with one attached hydrogen (secondary N) is 2. The van der Waals surface area contributed by atoms with Crippen LogP contribution in [0.3, 0.4) is 0 Å². The molecule has 0 saturated carbocycles. The van der Waals surface area contributed by atoms with Crippen LogP contribution in [0.15, 0.2) is 23.1 Å². The molecule has 1 aromatic rings. The fourth-order valence-electron chi connectivity index (χ4n) is 2.79. The highest BCUT2D eigenvalue weighted by molar-refractivity contribution is 7.89. The van der Waals surface area contributed by atoms with Gasteiger partial charge in [0, 0.05) is 13.1 Å². The number of ether oxygens (including phenoxy) is 1. The average molecular weight is 440 g/mol. The van der Waals surface area contributed by atoms with Crippen LogP contribution in [0.25, 0.3) is 0 Å². The van der Waals surface area contributed by atoms with E-state index in [1.54, 1.807) is 32.9 Å². The predicted molar refractivity (Wildman–Crippen MR) is 116 cm³/mol. The maximum atomic E-state index is 12.7. The fraction of sp³-hybridized carbons (Fsp3) is 0.650. The zero-order valence-electron chi connectivity index (χ0n) is 19.1. The zero-order valence-corrected chi connectivity index (χ0v) is 19.9. The first-order chi connectivity index (χ1) is 13.5. The van der Waals surface area contributed by atoms with E-state index < -0.39 is 40.0 Å². The van der Waals surface area contributed by atoms with Crippen LogP contribution in [0.4, 0.5) is 4.79 Å². The van der Waals surface area contributed by atoms with Crippen molar-refractivity contribution in [1.82, 2.24) is 10.0 Å². The third-order valence-corrected chi connectivity index (χ3v) is 6.43. The van der Waals surface area contributed by atoms with Crippen molar-refractivity contribution in [2.75, 3.05) is 13.1 Å². The van der Waals surface area contributed by atoms with Gasteiger partial charge in [0.2, 0.25) is 10.0 Å². The van der Waals surface area contributed by atoms with Crippen LogP contribution in [-0.4, -0.2) is 51.5 Å². The van der Waals surface area contributed by atoms with E-state index in [0.717, 1.165) is 5.56 Å². The quantitative estimate of drug-likeness (QED) is 0.519. The molecule has 8 nitrogen and oxygen atoms in total. The van der Waals surface area contributed by atoms with Crippen molar-refractivity contribution in [2.45, 2.75) is 77.1 Å². The molecule has 2 N–H and O–H groups in total. The number of rotatable bonds is 6. The van der Waals surface area contributed by atoms with Crippen LogP contribution in [0.2, 0.25) is 0 Å². The molecule has 1 aromatic carbocycles. The van der Waals surface area contributed by atoms with Gasteiger partial charge in [0.05, 0.1) is 16.1 Å². The summed E-state index contributed by atoms with van der Waals surface area (Å²) in [7, 11) is -4.43. The molecule has 10 heteroatoms. The summed E-state index contributed by atoms with van der Waals surface area (Å²) in [6.07, 6.45) is -0.597. The largest absolute Gasteiger partial charge is 0.494 e. The molecule has 1 saturated heterocycles. The minimum absolute atomic E-state index is 0.0291. The summed E-state index contributed by atoms with van der Waals surface area (Å²) in [5, 5.41) is 2.52. The number of sulfonamides is 1. The number of hydrogen-bond acceptors (Lipinski definition) is 6. The van der Waals surface area contributed by atoms with Crippen molar-refractivity contribution in [3.8, 4) is 0 Å². The highest BCUT2D eigenvalue weighted by atomic mass is 32.2. The summed E-state index contributed by atoms with van der Waals surface area (Å²) in [4.78, 5) is 11.8. The highest BCUT2D eigenvalue weighted by Gasteiger charge is 2.51. The molecule has 0 spiro atoms. The summed E-state index contributed by atoms with van der Waals surface area (Å²) >= 11 is 0. The van der Waals surface area contributed by atoms with E-state index in [0.29, 0.717) is 5.46 Å². The molecule has 0 aliphatic carbocycles. The predicted octanol–water partition coefficient (Wildman–Crippen LogP) is 2.10. The van der Waals surface area contributed by atoms with Gasteiger partial charge < -0.3 is 19.4 Å². The second-order valence-corrected chi connectivity index (χ2v) is 11.3. The standard InChI is InChI=1S/C20H33BN2O6S/c1-14-11-15(21-28-19(5,6)20(7,8)29-21)13-16(12-14)30(25,26)23-10-9-22-17(24)27-18(2,3)4/h11-13,23H,9-10H2,1-8H3,(H,22,24). The lowest BCUT2D eigenvalue weighted by atomic mass is 9.78. The molecule has 0 atom stereocenters. The van der Waals surface area contributed by atoms with Gasteiger partial charge >= 0.3 is 13.2 Å². The lowest BCUT2D eigenvalue weighted by Crippen LogP contribution is -2.41. The SMILES string of the molecule is Cc1cc(B2OC(C)(C)C(C)(C)O2)cc(S(=O)(=O)NCCNC(=O)OC(C)(C)C)c1. The van der Waals surface area contributed by atoms with Crippen LogP contribution < -0.4 is 15.5 Å². The molecule has 1 aliphatic rings. The minimum atomic E-state index is -3.78. The monoisotopic (exact) mass is 440 g/mol. The van der Waals surface area contributed by atoms with Gasteiger partial charge in [0.15, 0.2) is 0 Å². The molecule has 0 bridgehead atoms. The summed E-state index contributed by atoms with van der Waals surface area (Å²) in [5.74, 6) is 0. The molecular weight excluding hydrogens is 407 g/mol. The van der Waals surface area contributed by atoms with Crippen molar-refractivity contribution in [3.05, 3.63) is 23.8 Å². The minimum Gasteiger partial charge on any atom is -0.444 e. The number of alkyl carbamates (subject to hydrolysis) is 1. The van der Waals surface area contributed by atoms with E-state index in [1.165, 1.54) is 0 Å². The van der Waals surface area contributed by atoms with Gasteiger partial charge in [0.25, 0.3) is 0 Å². The second-order valence-electron chi connectivity index (χ2n) is 9.49. The number of aryl methyl sites for hydroxylation is 1. The Kier molecular flexibility index (Phi) is 6.98. The fourth-order valence-corrected chi connectivity index (χ4v) is 3.96. The van der Waals surface area contributed by atoms with Gasteiger partial charge in [-0.3, -0.25) is 0 Å². The Balaban J connectivity index is 2.06. The van der Waals surface area contributed by atoms with Crippen molar-refractivity contribution < 1.29 is 27.3 Å². The first kappa shape index (κ1) is 24.7. The Morgan fingerprint density at radius 2 is 1.63 bits per heavy atom. The maximum absolute atomic E-state index is 12.7. The lowest BCUT2D eigenvalue weighted by Gasteiger charge is -2.32. The molecule has 0 radical (unpaired) electrons. The number of amides is 1. The number of benzene rings is 1. The third kappa shape index (κ3) is 6.20. The number of carbonyl (C=O) groups is 1. The van der Waals surface area contributed by atoms with E-state index in [9.17, 15) is 13.2 Å². The normalized spacial score (nSPS) is 18.3. The molecule has 0 aromatic heterocycles. The Morgan fingerprint density at radius 3 is 2.17 bits per heavy atom. The van der Waals surface area contributed by atoms with E-state index in [2.05, 4.69) is 10.0 Å². The molecule has 30 heavy (non-hydrogen) atoms. The summed E-state index contributed by atoms with van der Waals surface area (Å²) in [5.41, 5.74) is -0.247. The maximum Gasteiger partial charge on any atom is 0.494 e. The second kappa shape index (κ2) is 8.49. The first-order valence-corrected chi connectivity index (χ1v) is 11.4. The summed E-state index contributed by atoms with van der Waals surface area (Å²) < 4.78 is 45.2. The number of carbonyl (C=O) groups excluding carboxylic acids is 1. The molecule has 1 fully saturated rings. The Morgan fingerprint density at radius 1 is 1.07 bits per heavy atom. The topological polar surface area (TPSA) is 103 Å². The van der Waals surface area contributed by atoms with Crippen molar-refractivity contribution in [2.24, 2.45) is 0 Å². The Bertz CT molecular complexity index is 877. The van der Waals surface area contributed by atoms with E-state index in [1.807, 2.05) is 40.7 Å². The smallest absolute Gasteiger partial charge is 0.444 e. The molecule has 2 rings (SSSR count). The Labute approximate surface area is 180 Å². The highest BCUT2D eigenvalue weighted by Crippen LogP contribution is 2.36. The van der Waals surface area contributed by atoms with E-state index in [-0.39, 0.29) is 18.0 Å². The van der Waals surface area contributed by atoms with Crippen molar-refractivity contribution in [3.63, 3.8) is 0 Å². The molecular formula is C20H33BN2O6S. The van der Waals surface area contributed by atoms with Gasteiger partial charge in [0.1, 0.15) is 5.60 Å². The van der Waals surface area contributed by atoms with Gasteiger partial charge in [-0.1, -0.05) is 11.6 Å². The molecule has 1 aliphatic heterocycles.